The summed E-state index contributed by atoms with van der Waals surface area (Å²) in [6, 6.07) is 10.8. The van der Waals surface area contributed by atoms with Crippen molar-refractivity contribution in [1.82, 2.24) is 0 Å². The summed E-state index contributed by atoms with van der Waals surface area (Å²) in [5, 5.41) is 9.81. The topological polar surface area (TPSA) is 46.2 Å². The molecule has 0 aliphatic rings. The van der Waals surface area contributed by atoms with Gasteiger partial charge in [-0.25, -0.2) is 8.78 Å². The Balaban J connectivity index is 2.44. The molecule has 0 radical (unpaired) electrons. The second-order valence-corrected chi connectivity index (χ2v) is 6.02. The summed E-state index contributed by atoms with van der Waals surface area (Å²) < 4.78 is 27.8. The third-order valence-corrected chi connectivity index (χ3v) is 4.09. The maximum Gasteiger partial charge on any atom is 0.126 e. The van der Waals surface area contributed by atoms with E-state index >= 15 is 0 Å². The van der Waals surface area contributed by atoms with Gasteiger partial charge in [-0.05, 0) is 41.8 Å². The molecule has 0 saturated carbocycles. The zero-order valence-electron chi connectivity index (χ0n) is 11.3. The van der Waals surface area contributed by atoms with Crippen LogP contribution in [0.4, 0.5) is 8.78 Å². The Bertz CT molecular complexity index is 609. The molecule has 0 bridgehead atoms. The van der Waals surface area contributed by atoms with Crippen molar-refractivity contribution < 1.29 is 13.9 Å². The van der Waals surface area contributed by atoms with Crippen molar-refractivity contribution in [2.24, 2.45) is 5.73 Å². The molecule has 0 spiro atoms. The number of nitrogens with two attached hydrogens (primary N) is 1. The second-order valence-electron chi connectivity index (χ2n) is 5.11. The minimum atomic E-state index is -0.913. The maximum atomic E-state index is 13.5. The lowest BCUT2D eigenvalue weighted by atomic mass is 9.76. The highest BCUT2D eigenvalue weighted by molar-refractivity contribution is 9.10. The third kappa shape index (κ3) is 3.67. The van der Waals surface area contributed by atoms with Crippen molar-refractivity contribution >= 4 is 15.9 Å². The fourth-order valence-electron chi connectivity index (χ4n) is 2.40. The van der Waals surface area contributed by atoms with Crippen molar-refractivity contribution in [2.75, 3.05) is 13.2 Å². The lowest BCUT2D eigenvalue weighted by molar-refractivity contribution is 0.195. The molecule has 0 aliphatic carbocycles. The molecule has 0 amide bonds. The summed E-state index contributed by atoms with van der Waals surface area (Å²) in [5.74, 6) is -1.35. The predicted octanol–water partition coefficient (Wildman–Crippen LogP) is 3.16. The fourth-order valence-corrected chi connectivity index (χ4v) is 2.85. The molecule has 0 aliphatic heterocycles. The fraction of sp³-hybridized carbons (Fsp3) is 0.250. The average Bonchev–Trinajstić information content (AvgIpc) is 2.44. The normalized spacial score (nSPS) is 14.0. The van der Waals surface area contributed by atoms with Crippen LogP contribution in [0.25, 0.3) is 0 Å². The van der Waals surface area contributed by atoms with Crippen LogP contribution in [-0.2, 0) is 11.8 Å². The number of hydrogen-bond donors (Lipinski definition) is 2. The standard InChI is InChI=1S/C16H16BrF2NO/c17-13-3-1-2-11(4-13)8-16(9-20,10-21)12-5-14(18)7-15(19)6-12/h1-7,21H,8-10,20H2. The van der Waals surface area contributed by atoms with E-state index in [1.165, 1.54) is 12.1 Å². The van der Waals surface area contributed by atoms with Crippen LogP contribution < -0.4 is 5.73 Å². The van der Waals surface area contributed by atoms with E-state index in [0.717, 1.165) is 16.1 Å². The largest absolute Gasteiger partial charge is 0.395 e. The highest BCUT2D eigenvalue weighted by Gasteiger charge is 2.31. The Morgan fingerprint density at radius 1 is 1.10 bits per heavy atom. The van der Waals surface area contributed by atoms with Gasteiger partial charge in [0.1, 0.15) is 11.6 Å². The Hall–Kier alpha value is -1.30. The first-order valence-corrected chi connectivity index (χ1v) is 7.30. The van der Waals surface area contributed by atoms with E-state index in [1.54, 1.807) is 0 Å². The first-order valence-electron chi connectivity index (χ1n) is 6.51. The van der Waals surface area contributed by atoms with Gasteiger partial charge < -0.3 is 10.8 Å². The minimum absolute atomic E-state index is 0.0822. The number of hydrogen-bond acceptors (Lipinski definition) is 2. The molecule has 0 saturated heterocycles. The van der Waals surface area contributed by atoms with Crippen LogP contribution >= 0.6 is 15.9 Å². The van der Waals surface area contributed by atoms with Gasteiger partial charge in [-0.3, -0.25) is 0 Å². The van der Waals surface area contributed by atoms with Crippen LogP contribution in [0.3, 0.4) is 0 Å². The number of aliphatic hydroxyl groups excluding tert-OH is 1. The summed E-state index contributed by atoms with van der Waals surface area (Å²) >= 11 is 3.38. The van der Waals surface area contributed by atoms with Crippen molar-refractivity contribution in [3.8, 4) is 0 Å². The van der Waals surface area contributed by atoms with Gasteiger partial charge in [0.15, 0.2) is 0 Å². The molecule has 0 aromatic heterocycles. The van der Waals surface area contributed by atoms with Crippen molar-refractivity contribution in [1.29, 1.82) is 0 Å². The Morgan fingerprint density at radius 3 is 2.29 bits per heavy atom. The minimum Gasteiger partial charge on any atom is -0.395 e. The monoisotopic (exact) mass is 355 g/mol. The van der Waals surface area contributed by atoms with Crippen molar-refractivity contribution in [3.05, 3.63) is 69.7 Å². The van der Waals surface area contributed by atoms with Crippen LogP contribution in [0.2, 0.25) is 0 Å². The molecule has 0 fully saturated rings. The number of halogens is 3. The van der Waals surface area contributed by atoms with Gasteiger partial charge in [0, 0.05) is 22.5 Å². The molecular formula is C16H16BrF2NO. The van der Waals surface area contributed by atoms with Crippen LogP contribution in [-0.4, -0.2) is 18.3 Å². The maximum absolute atomic E-state index is 13.5. The number of benzene rings is 2. The molecule has 2 nitrogen and oxygen atoms in total. The van der Waals surface area contributed by atoms with E-state index in [2.05, 4.69) is 15.9 Å². The lowest BCUT2D eigenvalue weighted by Gasteiger charge is -2.31. The predicted molar refractivity (Wildman–Crippen MR) is 82.0 cm³/mol. The smallest absolute Gasteiger partial charge is 0.126 e. The molecule has 112 valence electrons. The van der Waals surface area contributed by atoms with Crippen molar-refractivity contribution in [2.45, 2.75) is 11.8 Å². The molecule has 21 heavy (non-hydrogen) atoms. The second kappa shape index (κ2) is 6.64. The van der Waals surface area contributed by atoms with E-state index < -0.39 is 17.0 Å². The summed E-state index contributed by atoms with van der Waals surface area (Å²) in [4.78, 5) is 0. The molecule has 2 aromatic rings. The van der Waals surface area contributed by atoms with E-state index in [-0.39, 0.29) is 13.2 Å². The van der Waals surface area contributed by atoms with E-state index in [1.807, 2.05) is 24.3 Å². The molecule has 2 aromatic carbocycles. The van der Waals surface area contributed by atoms with Gasteiger partial charge >= 0.3 is 0 Å². The molecule has 0 heterocycles. The van der Waals surface area contributed by atoms with E-state index in [4.69, 9.17) is 5.73 Å². The van der Waals surface area contributed by atoms with Gasteiger partial charge in [-0.15, -0.1) is 0 Å². The molecule has 1 atom stereocenters. The van der Waals surface area contributed by atoms with Gasteiger partial charge in [-0.2, -0.15) is 0 Å². The van der Waals surface area contributed by atoms with Crippen LogP contribution in [0.5, 0.6) is 0 Å². The van der Waals surface area contributed by atoms with Gasteiger partial charge in [0.25, 0.3) is 0 Å². The molecule has 1 unspecified atom stereocenters. The Morgan fingerprint density at radius 2 is 1.76 bits per heavy atom. The molecular weight excluding hydrogens is 340 g/mol. The number of aliphatic hydroxyl groups is 1. The van der Waals surface area contributed by atoms with Crippen LogP contribution in [0.15, 0.2) is 46.9 Å². The Labute approximate surface area is 130 Å². The molecule has 5 heteroatoms. The summed E-state index contributed by atoms with van der Waals surface area (Å²) in [6.07, 6.45) is 0.391. The van der Waals surface area contributed by atoms with E-state index in [0.29, 0.717) is 12.0 Å². The highest BCUT2D eigenvalue weighted by Crippen LogP contribution is 2.29. The first-order chi connectivity index (χ1) is 9.99. The Kier molecular flexibility index (Phi) is 5.08. The van der Waals surface area contributed by atoms with Crippen molar-refractivity contribution in [3.63, 3.8) is 0 Å². The quantitative estimate of drug-likeness (QED) is 0.865. The third-order valence-electron chi connectivity index (χ3n) is 3.60. The van der Waals surface area contributed by atoms with Crippen LogP contribution in [0.1, 0.15) is 11.1 Å². The van der Waals surface area contributed by atoms with Gasteiger partial charge in [0.05, 0.1) is 6.61 Å². The summed E-state index contributed by atoms with van der Waals surface area (Å²) in [6.45, 7) is -0.211. The first kappa shape index (κ1) is 16.1. The van der Waals surface area contributed by atoms with E-state index in [9.17, 15) is 13.9 Å². The summed E-state index contributed by atoms with van der Waals surface area (Å²) in [7, 11) is 0. The summed E-state index contributed by atoms with van der Waals surface area (Å²) in [5.41, 5.74) is 6.20. The lowest BCUT2D eigenvalue weighted by Crippen LogP contribution is -2.41. The zero-order chi connectivity index (χ0) is 15.5. The highest BCUT2D eigenvalue weighted by atomic mass is 79.9. The average molecular weight is 356 g/mol. The molecule has 2 rings (SSSR count). The van der Waals surface area contributed by atoms with Gasteiger partial charge in [0.2, 0.25) is 0 Å². The van der Waals surface area contributed by atoms with Gasteiger partial charge in [-0.1, -0.05) is 28.1 Å². The van der Waals surface area contributed by atoms with Crippen LogP contribution in [0, 0.1) is 11.6 Å². The zero-order valence-corrected chi connectivity index (χ0v) is 12.9. The number of rotatable bonds is 5. The molecule has 3 N–H and O–H groups in total. The SMILES string of the molecule is NCC(CO)(Cc1cccc(Br)c1)c1cc(F)cc(F)c1.